The molecule has 80 valence electrons. The zero-order chi connectivity index (χ0) is 11.1. The minimum Gasteiger partial charge on any atom is -0.297 e. The van der Waals surface area contributed by atoms with Crippen LogP contribution in [0.3, 0.4) is 0 Å². The van der Waals surface area contributed by atoms with Gasteiger partial charge in [0.2, 0.25) is 0 Å². The molecule has 3 aromatic rings. The first kappa shape index (κ1) is 10.1. The third kappa shape index (κ3) is 1.68. The predicted octanol–water partition coefficient (Wildman–Crippen LogP) is 4.13. The minimum absolute atomic E-state index is 1.02. The molecule has 0 aliphatic carbocycles. The molecule has 2 aromatic heterocycles. The Bertz CT molecular complexity index is 622. The van der Waals surface area contributed by atoms with Crippen molar-refractivity contribution in [3.8, 4) is 11.3 Å². The van der Waals surface area contributed by atoms with Gasteiger partial charge >= 0.3 is 0 Å². The van der Waals surface area contributed by atoms with Crippen molar-refractivity contribution in [3.05, 3.63) is 46.0 Å². The zero-order valence-corrected chi connectivity index (χ0v) is 11.0. The molecule has 16 heavy (non-hydrogen) atoms. The van der Waals surface area contributed by atoms with Crippen LogP contribution in [0.25, 0.3) is 16.2 Å². The van der Waals surface area contributed by atoms with Crippen LogP contribution in [0.2, 0.25) is 0 Å². The fraction of sp³-hybridized carbons (Fsp3) is 0.0833. The lowest BCUT2D eigenvalue weighted by atomic mass is 10.2. The molecule has 0 aliphatic heterocycles. The van der Waals surface area contributed by atoms with Gasteiger partial charge in [-0.25, -0.2) is 4.98 Å². The van der Waals surface area contributed by atoms with E-state index in [0.717, 1.165) is 20.7 Å². The summed E-state index contributed by atoms with van der Waals surface area (Å²) < 4.78 is 3.16. The van der Waals surface area contributed by atoms with Gasteiger partial charge in [-0.15, -0.1) is 11.3 Å². The second-order valence-corrected chi connectivity index (χ2v) is 5.80. The summed E-state index contributed by atoms with van der Waals surface area (Å²) in [6, 6.07) is 8.20. The highest BCUT2D eigenvalue weighted by Gasteiger charge is 2.06. The van der Waals surface area contributed by atoms with Crippen LogP contribution in [0, 0.1) is 6.92 Å². The molecule has 0 saturated heterocycles. The van der Waals surface area contributed by atoms with Gasteiger partial charge in [0, 0.05) is 27.3 Å². The summed E-state index contributed by atoms with van der Waals surface area (Å²) >= 11 is 5.19. The second-order valence-electron chi connectivity index (χ2n) is 3.67. The maximum absolute atomic E-state index is 4.61. The van der Waals surface area contributed by atoms with Crippen LogP contribution in [-0.2, 0) is 0 Å². The van der Waals surface area contributed by atoms with Crippen molar-refractivity contribution in [1.29, 1.82) is 0 Å². The molecule has 0 saturated carbocycles. The normalized spacial score (nSPS) is 11.1. The van der Waals surface area contributed by atoms with Crippen molar-refractivity contribution < 1.29 is 0 Å². The number of thiazole rings is 1. The summed E-state index contributed by atoms with van der Waals surface area (Å²) in [5, 5.41) is 0. The molecule has 0 radical (unpaired) electrons. The molecule has 0 bridgehead atoms. The molecule has 2 heterocycles. The van der Waals surface area contributed by atoms with E-state index >= 15 is 0 Å². The first-order valence-corrected chi connectivity index (χ1v) is 6.54. The summed E-state index contributed by atoms with van der Waals surface area (Å²) in [4.78, 5) is 6.93. The van der Waals surface area contributed by atoms with Crippen LogP contribution in [0.5, 0.6) is 0 Å². The fourth-order valence-corrected chi connectivity index (χ4v) is 2.91. The number of benzene rings is 1. The number of aryl methyl sites for hydroxylation is 1. The van der Waals surface area contributed by atoms with E-state index in [1.54, 1.807) is 11.3 Å². The number of nitrogens with zero attached hydrogens (tertiary/aromatic N) is 2. The Morgan fingerprint density at radius 2 is 2.19 bits per heavy atom. The van der Waals surface area contributed by atoms with Crippen molar-refractivity contribution in [2.75, 3.05) is 0 Å². The Morgan fingerprint density at radius 1 is 1.31 bits per heavy atom. The smallest absolute Gasteiger partial charge is 0.194 e. The van der Waals surface area contributed by atoms with Crippen LogP contribution in [-0.4, -0.2) is 9.38 Å². The SMILES string of the molecule is Cc1cn2cc(-c3cccc(Br)c3)nc2s1. The third-order valence-electron chi connectivity index (χ3n) is 2.39. The molecule has 3 rings (SSSR count). The first-order chi connectivity index (χ1) is 7.72. The Labute approximate surface area is 106 Å². The highest BCUT2D eigenvalue weighted by molar-refractivity contribution is 9.10. The lowest BCUT2D eigenvalue weighted by Crippen LogP contribution is -1.76. The molecule has 2 nitrogen and oxygen atoms in total. The lowest BCUT2D eigenvalue weighted by molar-refractivity contribution is 1.22. The van der Waals surface area contributed by atoms with Crippen molar-refractivity contribution in [1.82, 2.24) is 9.38 Å². The molecule has 0 amide bonds. The molecular formula is C12H9BrN2S. The van der Waals surface area contributed by atoms with E-state index in [9.17, 15) is 0 Å². The third-order valence-corrected chi connectivity index (χ3v) is 3.80. The molecule has 1 aromatic carbocycles. The van der Waals surface area contributed by atoms with E-state index in [2.05, 4.69) is 56.8 Å². The molecule has 4 heteroatoms. The lowest BCUT2D eigenvalue weighted by Gasteiger charge is -1.96. The van der Waals surface area contributed by atoms with Gasteiger partial charge in [0.05, 0.1) is 5.69 Å². The molecule has 0 aliphatic rings. The first-order valence-electron chi connectivity index (χ1n) is 4.93. The van der Waals surface area contributed by atoms with E-state index in [4.69, 9.17) is 0 Å². The maximum Gasteiger partial charge on any atom is 0.194 e. The molecular weight excluding hydrogens is 284 g/mol. The highest BCUT2D eigenvalue weighted by atomic mass is 79.9. The van der Waals surface area contributed by atoms with E-state index < -0.39 is 0 Å². The van der Waals surface area contributed by atoms with Crippen molar-refractivity contribution in [2.24, 2.45) is 0 Å². The van der Waals surface area contributed by atoms with E-state index in [1.165, 1.54) is 4.88 Å². The summed E-state index contributed by atoms with van der Waals surface area (Å²) in [7, 11) is 0. The second kappa shape index (κ2) is 3.71. The average Bonchev–Trinajstić information content (AvgIpc) is 2.74. The summed E-state index contributed by atoms with van der Waals surface area (Å²) in [5.41, 5.74) is 2.16. The van der Waals surface area contributed by atoms with Gasteiger partial charge in [-0.2, -0.15) is 0 Å². The van der Waals surface area contributed by atoms with Crippen LogP contribution in [0.1, 0.15) is 4.88 Å². The van der Waals surface area contributed by atoms with Crippen LogP contribution >= 0.6 is 27.3 Å². The van der Waals surface area contributed by atoms with Gasteiger partial charge < -0.3 is 0 Å². The average molecular weight is 293 g/mol. The Kier molecular flexibility index (Phi) is 2.33. The van der Waals surface area contributed by atoms with Gasteiger partial charge in [-0.3, -0.25) is 4.40 Å². The number of hydrogen-bond acceptors (Lipinski definition) is 2. The van der Waals surface area contributed by atoms with Gasteiger partial charge in [-0.1, -0.05) is 28.1 Å². The maximum atomic E-state index is 4.61. The summed E-state index contributed by atoms with van der Waals surface area (Å²) in [6.07, 6.45) is 4.18. The summed E-state index contributed by atoms with van der Waals surface area (Å²) in [6.45, 7) is 2.10. The van der Waals surface area contributed by atoms with Crippen molar-refractivity contribution in [2.45, 2.75) is 6.92 Å². The van der Waals surface area contributed by atoms with Gasteiger partial charge in [0.15, 0.2) is 4.96 Å². The Balaban J connectivity index is 2.15. The number of imidazole rings is 1. The number of aromatic nitrogens is 2. The van der Waals surface area contributed by atoms with E-state index in [0.29, 0.717) is 0 Å². The van der Waals surface area contributed by atoms with Gasteiger partial charge in [0.1, 0.15) is 0 Å². The highest BCUT2D eigenvalue weighted by Crippen LogP contribution is 2.25. The predicted molar refractivity (Wildman–Crippen MR) is 70.9 cm³/mol. The van der Waals surface area contributed by atoms with Crippen LogP contribution in [0.15, 0.2) is 41.1 Å². The van der Waals surface area contributed by atoms with Gasteiger partial charge in [-0.05, 0) is 19.1 Å². The number of halogens is 1. The van der Waals surface area contributed by atoms with Gasteiger partial charge in [0.25, 0.3) is 0 Å². The minimum atomic E-state index is 1.02. The number of rotatable bonds is 1. The number of fused-ring (bicyclic) bond motifs is 1. The fourth-order valence-electron chi connectivity index (χ4n) is 1.70. The molecule has 0 spiro atoms. The van der Waals surface area contributed by atoms with Crippen LogP contribution in [0.4, 0.5) is 0 Å². The van der Waals surface area contributed by atoms with Crippen molar-refractivity contribution in [3.63, 3.8) is 0 Å². The molecule has 0 N–H and O–H groups in total. The topological polar surface area (TPSA) is 17.3 Å². The van der Waals surface area contributed by atoms with Crippen molar-refractivity contribution >= 4 is 32.2 Å². The Morgan fingerprint density at radius 3 is 2.94 bits per heavy atom. The number of hydrogen-bond donors (Lipinski definition) is 0. The van der Waals surface area contributed by atoms with Crippen LogP contribution < -0.4 is 0 Å². The van der Waals surface area contributed by atoms with E-state index in [1.807, 2.05) is 12.1 Å². The van der Waals surface area contributed by atoms with E-state index in [-0.39, 0.29) is 0 Å². The molecule has 0 atom stereocenters. The summed E-state index contributed by atoms with van der Waals surface area (Å²) in [5.74, 6) is 0. The zero-order valence-electron chi connectivity index (χ0n) is 8.64. The Hall–Kier alpha value is -1.13. The monoisotopic (exact) mass is 292 g/mol. The largest absolute Gasteiger partial charge is 0.297 e. The molecule has 0 unspecified atom stereocenters. The quantitative estimate of drug-likeness (QED) is 0.659. The molecule has 0 fully saturated rings. The standard InChI is InChI=1S/C12H9BrN2S/c1-8-6-15-7-11(14-12(15)16-8)9-3-2-4-10(13)5-9/h2-7H,1H3.